The molecule has 0 fully saturated rings. The molecule has 0 aliphatic rings. The van der Waals surface area contributed by atoms with E-state index in [4.69, 9.17) is 4.74 Å². The quantitative estimate of drug-likeness (QED) is 0.236. The van der Waals surface area contributed by atoms with E-state index in [9.17, 15) is 36.2 Å². The number of benzene rings is 2. The van der Waals surface area contributed by atoms with Crippen molar-refractivity contribution in [3.05, 3.63) is 82.9 Å². The Morgan fingerprint density at radius 3 is 2.49 bits per heavy atom. The van der Waals surface area contributed by atoms with E-state index in [1.165, 1.54) is 48.5 Å². The average molecular weight is 600 g/mol. The van der Waals surface area contributed by atoms with Crippen LogP contribution in [-0.4, -0.2) is 55.8 Å². The molecule has 0 bridgehead atoms. The van der Waals surface area contributed by atoms with Crippen LogP contribution in [0.1, 0.15) is 27.9 Å². The second kappa shape index (κ2) is 11.9. The Labute approximate surface area is 233 Å². The molecule has 4 aromatic rings. The summed E-state index contributed by atoms with van der Waals surface area (Å²) < 4.78 is 85.2. The van der Waals surface area contributed by atoms with Crippen LogP contribution in [0.3, 0.4) is 0 Å². The molecule has 2 heterocycles. The van der Waals surface area contributed by atoms with Crippen LogP contribution in [0, 0.1) is 18.6 Å². The lowest BCUT2D eigenvalue weighted by Gasteiger charge is -2.35. The number of carbonyl (C=O) groups excluding carboxylic acids is 1. The van der Waals surface area contributed by atoms with Gasteiger partial charge in [-0.05, 0) is 44.2 Å². The minimum Gasteiger partial charge on any atom is -0.487 e. The highest BCUT2D eigenvalue weighted by Crippen LogP contribution is 2.33. The van der Waals surface area contributed by atoms with E-state index < -0.39 is 48.1 Å². The van der Waals surface area contributed by atoms with Gasteiger partial charge < -0.3 is 15.2 Å². The van der Waals surface area contributed by atoms with Crippen LogP contribution in [-0.2, 0) is 12.1 Å². The summed E-state index contributed by atoms with van der Waals surface area (Å²) in [6.45, 7) is 1.21. The zero-order chi connectivity index (χ0) is 29.9. The highest BCUT2D eigenvalue weighted by Gasteiger charge is 2.42. The molecular weight excluding hydrogens is 576 g/mol. The number of rotatable bonds is 11. The summed E-state index contributed by atoms with van der Waals surface area (Å²) in [6, 6.07) is 7.11. The Hall–Kier alpha value is -3.98. The predicted octanol–water partition coefficient (Wildman–Crippen LogP) is 4.97. The van der Waals surface area contributed by atoms with Crippen molar-refractivity contribution in [2.75, 3.05) is 6.61 Å². The van der Waals surface area contributed by atoms with Crippen LogP contribution in [0.4, 0.5) is 26.3 Å². The number of amides is 1. The third-order valence-corrected chi connectivity index (χ3v) is 7.39. The number of nitrogens with zero attached hydrogens (tertiary/aromatic N) is 4. The molecule has 0 radical (unpaired) electrons. The maximum Gasteiger partial charge on any atom is 0.340 e. The first-order valence-electron chi connectivity index (χ1n) is 12.0. The first-order valence-corrected chi connectivity index (χ1v) is 12.8. The molecule has 0 aliphatic carbocycles. The van der Waals surface area contributed by atoms with Gasteiger partial charge in [-0.25, -0.2) is 32.2 Å². The Morgan fingerprint density at radius 2 is 1.88 bits per heavy atom. The monoisotopic (exact) mass is 599 g/mol. The van der Waals surface area contributed by atoms with Crippen LogP contribution >= 0.6 is 11.3 Å². The molecule has 41 heavy (non-hydrogen) atoms. The number of ether oxygens (including phenoxy) is 1. The summed E-state index contributed by atoms with van der Waals surface area (Å²) in [7, 11) is 0. The van der Waals surface area contributed by atoms with Crippen molar-refractivity contribution in [1.29, 1.82) is 0 Å². The van der Waals surface area contributed by atoms with Gasteiger partial charge in [-0.1, -0.05) is 6.07 Å². The van der Waals surface area contributed by atoms with E-state index in [0.717, 1.165) is 23.5 Å². The van der Waals surface area contributed by atoms with Gasteiger partial charge in [0, 0.05) is 17.2 Å². The van der Waals surface area contributed by atoms with Gasteiger partial charge in [-0.3, -0.25) is 4.79 Å². The fraction of sp³-hybridized carbons (Fsp3) is 0.308. The molecule has 1 amide bonds. The molecule has 15 heteroatoms. The van der Waals surface area contributed by atoms with E-state index in [-0.39, 0.29) is 22.7 Å². The maximum atomic E-state index is 14.8. The maximum absolute atomic E-state index is 14.8. The molecule has 2 N–H and O–H groups in total. The van der Waals surface area contributed by atoms with E-state index >= 15 is 0 Å². The number of thiazole rings is 1. The van der Waals surface area contributed by atoms with Gasteiger partial charge in [-0.15, -0.1) is 11.3 Å². The van der Waals surface area contributed by atoms with E-state index in [0.29, 0.717) is 22.3 Å². The Balaban J connectivity index is 1.52. The van der Waals surface area contributed by atoms with Crippen molar-refractivity contribution >= 4 is 17.2 Å². The molecule has 4 rings (SSSR count). The van der Waals surface area contributed by atoms with Crippen LogP contribution in [0.5, 0.6) is 5.75 Å². The van der Waals surface area contributed by atoms with Crippen LogP contribution in [0.2, 0.25) is 0 Å². The summed E-state index contributed by atoms with van der Waals surface area (Å²) in [4.78, 5) is 21.6. The van der Waals surface area contributed by atoms with Crippen molar-refractivity contribution in [3.63, 3.8) is 0 Å². The number of halogens is 6. The second-order valence-electron chi connectivity index (χ2n) is 9.14. The lowest BCUT2D eigenvalue weighted by molar-refractivity contribution is -0.148. The first kappa shape index (κ1) is 30.0. The molecule has 2 aromatic heterocycles. The van der Waals surface area contributed by atoms with E-state index in [1.54, 1.807) is 6.92 Å². The second-order valence-corrected chi connectivity index (χ2v) is 10.1. The van der Waals surface area contributed by atoms with Crippen molar-refractivity contribution in [2.24, 2.45) is 0 Å². The minimum atomic E-state index is -4.30. The van der Waals surface area contributed by atoms with Gasteiger partial charge >= 0.3 is 12.3 Å². The Bertz CT molecular complexity index is 1500. The normalized spacial score (nSPS) is 14.1. The number of nitrogens with one attached hydrogen (secondary N) is 1. The summed E-state index contributed by atoms with van der Waals surface area (Å²) in [5.41, 5.74) is -1.51. The van der Waals surface area contributed by atoms with E-state index in [1.807, 2.05) is 0 Å². The number of alkyl halides is 4. The fourth-order valence-electron chi connectivity index (χ4n) is 3.91. The summed E-state index contributed by atoms with van der Waals surface area (Å²) in [5.74, 6) is -6.85. The van der Waals surface area contributed by atoms with Crippen molar-refractivity contribution in [2.45, 2.75) is 44.4 Å². The number of carbonyl (C=O) groups is 1. The summed E-state index contributed by atoms with van der Waals surface area (Å²) in [5, 5.41) is 18.6. The van der Waals surface area contributed by atoms with Crippen molar-refractivity contribution in [3.8, 4) is 16.3 Å². The number of aromatic nitrogens is 4. The van der Waals surface area contributed by atoms with Gasteiger partial charge in [0.25, 0.3) is 5.91 Å². The SMILES string of the molecule is Cc1nc(-c2ccc(OCC(F)(F)C(F)F)cc2)sc1C(=O)NC(C)C(O)(Cn1cncn1)c1ccc(F)cc1F. The molecule has 2 aromatic carbocycles. The third-order valence-electron chi connectivity index (χ3n) is 6.19. The highest BCUT2D eigenvalue weighted by atomic mass is 32.1. The van der Waals surface area contributed by atoms with Gasteiger partial charge in [-0.2, -0.15) is 13.9 Å². The standard InChI is InChI=1S/C26H23F6N5O3S/c1-14-21(41-23(35-14)16-3-6-18(7-4-16)40-11-26(31,32)24(29)30)22(38)36-15(2)25(39,10-37-13-33-12-34-37)19-8-5-17(27)9-20(19)28/h3-9,12-13,15,24,39H,10-11H2,1-2H3,(H,36,38). The van der Waals surface area contributed by atoms with Gasteiger partial charge in [0.2, 0.25) is 0 Å². The number of hydrogen-bond donors (Lipinski definition) is 2. The van der Waals surface area contributed by atoms with Gasteiger partial charge in [0.05, 0.1) is 18.3 Å². The first-order chi connectivity index (χ1) is 19.3. The number of hydrogen-bond acceptors (Lipinski definition) is 7. The topological polar surface area (TPSA) is 102 Å². The van der Waals surface area contributed by atoms with Crippen molar-refractivity contribution in [1.82, 2.24) is 25.1 Å². The van der Waals surface area contributed by atoms with Crippen LogP contribution in [0.25, 0.3) is 10.6 Å². The van der Waals surface area contributed by atoms with Crippen LogP contribution in [0.15, 0.2) is 55.1 Å². The van der Waals surface area contributed by atoms with Gasteiger partial charge in [0.1, 0.15) is 45.5 Å². The number of aryl methyl sites for hydroxylation is 1. The molecule has 8 nitrogen and oxygen atoms in total. The third kappa shape index (κ3) is 6.68. The molecule has 218 valence electrons. The van der Waals surface area contributed by atoms with Gasteiger partial charge in [0.15, 0.2) is 6.61 Å². The predicted molar refractivity (Wildman–Crippen MR) is 136 cm³/mol. The summed E-state index contributed by atoms with van der Waals surface area (Å²) >= 11 is 0.991. The largest absolute Gasteiger partial charge is 0.487 e. The molecule has 0 saturated carbocycles. The van der Waals surface area contributed by atoms with Crippen LogP contribution < -0.4 is 10.1 Å². The lowest BCUT2D eigenvalue weighted by Crippen LogP contribution is -2.51. The average Bonchev–Trinajstić information content (AvgIpc) is 3.57. The molecular formula is C26H23F6N5O3S. The van der Waals surface area contributed by atoms with E-state index in [2.05, 4.69) is 20.4 Å². The fourth-order valence-corrected chi connectivity index (χ4v) is 4.88. The molecule has 2 unspecified atom stereocenters. The zero-order valence-electron chi connectivity index (χ0n) is 21.5. The molecule has 0 spiro atoms. The number of aliphatic hydroxyl groups is 1. The lowest BCUT2D eigenvalue weighted by atomic mass is 9.86. The molecule has 0 saturated heterocycles. The zero-order valence-corrected chi connectivity index (χ0v) is 22.3. The highest BCUT2D eigenvalue weighted by molar-refractivity contribution is 7.17. The molecule has 2 atom stereocenters. The Kier molecular flexibility index (Phi) is 8.68. The van der Waals surface area contributed by atoms with Crippen molar-refractivity contribution < 1.29 is 41.0 Å². The minimum absolute atomic E-state index is 0.0613. The smallest absolute Gasteiger partial charge is 0.340 e. The molecule has 0 aliphatic heterocycles. The Morgan fingerprint density at radius 1 is 1.17 bits per heavy atom. The summed E-state index contributed by atoms with van der Waals surface area (Å²) in [6.07, 6.45) is -1.36.